The van der Waals surface area contributed by atoms with E-state index in [0.717, 1.165) is 18.7 Å². The molecule has 214 valence electrons. The van der Waals surface area contributed by atoms with Gasteiger partial charge in [-0.3, -0.25) is 14.7 Å². The van der Waals surface area contributed by atoms with Crippen molar-refractivity contribution < 1.29 is 28.9 Å². The summed E-state index contributed by atoms with van der Waals surface area (Å²) in [5, 5.41) is 11.2. The Labute approximate surface area is 240 Å². The number of esters is 2. The molecule has 0 fully saturated rings. The number of benzene rings is 2. The first-order valence-corrected chi connectivity index (χ1v) is 13.7. The average molecular weight is 569 g/mol. The first kappa shape index (κ1) is 30.9. The number of carbonyl (C=O) groups excluding carboxylic acids is 2. The molecule has 1 aliphatic rings. The number of halogens is 1. The van der Waals surface area contributed by atoms with Gasteiger partial charge in [0.1, 0.15) is 5.92 Å². The van der Waals surface area contributed by atoms with Crippen LogP contribution in [0.4, 0.5) is 0 Å². The average Bonchev–Trinajstić information content (AvgIpc) is 2.95. The molecular weight excluding hydrogens is 532 g/mol. The van der Waals surface area contributed by atoms with Gasteiger partial charge in [-0.2, -0.15) is 0 Å². The van der Waals surface area contributed by atoms with Crippen molar-refractivity contribution in [3.05, 3.63) is 75.5 Å². The molecular formula is C31H37ClN2O6. The van der Waals surface area contributed by atoms with E-state index in [1.54, 1.807) is 50.3 Å². The van der Waals surface area contributed by atoms with Crippen molar-refractivity contribution >= 4 is 35.3 Å². The Balaban J connectivity index is 2.20. The highest BCUT2D eigenvalue weighted by Crippen LogP contribution is 2.41. The molecule has 1 heterocycles. The minimum absolute atomic E-state index is 0.0893. The Morgan fingerprint density at radius 2 is 1.82 bits per heavy atom. The van der Waals surface area contributed by atoms with Gasteiger partial charge in [0.15, 0.2) is 11.5 Å². The zero-order valence-corrected chi connectivity index (χ0v) is 24.6. The van der Waals surface area contributed by atoms with Crippen molar-refractivity contribution in [1.82, 2.24) is 4.90 Å². The molecule has 3 rings (SSSR count). The number of hydrogen-bond acceptors (Lipinski definition) is 8. The van der Waals surface area contributed by atoms with Gasteiger partial charge in [0.2, 0.25) is 0 Å². The Hall–Kier alpha value is -3.62. The van der Waals surface area contributed by atoms with Crippen molar-refractivity contribution in [3.63, 3.8) is 0 Å². The highest BCUT2D eigenvalue weighted by atomic mass is 35.5. The van der Waals surface area contributed by atoms with Gasteiger partial charge < -0.3 is 19.3 Å². The molecule has 2 aromatic rings. The van der Waals surface area contributed by atoms with Crippen LogP contribution in [0.15, 0.2) is 58.7 Å². The standard InChI is InChI=1S/C31H37ClN2O6/c1-7-34(8-2)18-22-15-20(16-25(38-5)29(22)35)13-14-24-28(31(37)40-9-3)27(21-11-10-12-23(32)17-21)26(19(4)33-24)30(36)39-6/h10-17,26-27,35H,7-9,18H2,1-6H3. The van der Waals surface area contributed by atoms with Crippen molar-refractivity contribution in [2.24, 2.45) is 10.9 Å². The van der Waals surface area contributed by atoms with Crippen LogP contribution in [0.1, 0.15) is 50.3 Å². The van der Waals surface area contributed by atoms with Gasteiger partial charge in [-0.1, -0.05) is 43.7 Å². The molecule has 9 heteroatoms. The molecule has 2 atom stereocenters. The first-order chi connectivity index (χ1) is 19.2. The molecule has 1 aliphatic heterocycles. The summed E-state index contributed by atoms with van der Waals surface area (Å²) >= 11 is 6.31. The van der Waals surface area contributed by atoms with Crippen LogP contribution in [-0.4, -0.2) is 61.6 Å². The summed E-state index contributed by atoms with van der Waals surface area (Å²) in [5.74, 6) is -2.23. The monoisotopic (exact) mass is 568 g/mol. The van der Waals surface area contributed by atoms with Gasteiger partial charge in [0.05, 0.1) is 32.1 Å². The summed E-state index contributed by atoms with van der Waals surface area (Å²) in [5.41, 5.74) is 3.21. The first-order valence-electron chi connectivity index (χ1n) is 13.3. The fraction of sp³-hybridized carbons (Fsp3) is 0.387. The smallest absolute Gasteiger partial charge is 0.336 e. The number of aromatic hydroxyl groups is 1. The highest BCUT2D eigenvalue weighted by molar-refractivity contribution is 6.30. The van der Waals surface area contributed by atoms with E-state index in [-0.39, 0.29) is 17.9 Å². The topological polar surface area (TPSA) is 97.7 Å². The Kier molecular flexibility index (Phi) is 10.9. The SMILES string of the molecule is CCOC(=O)C1=C(C=Cc2cc(CN(CC)CC)c(O)c(OC)c2)N=C(C)C(C(=O)OC)C1c1cccc(Cl)c1. The van der Waals surface area contributed by atoms with Crippen LogP contribution < -0.4 is 4.74 Å². The van der Waals surface area contributed by atoms with Gasteiger partial charge in [0.25, 0.3) is 0 Å². The van der Waals surface area contributed by atoms with E-state index in [2.05, 4.69) is 23.7 Å². The molecule has 0 radical (unpaired) electrons. The Morgan fingerprint density at radius 3 is 2.42 bits per heavy atom. The lowest BCUT2D eigenvalue weighted by atomic mass is 9.75. The summed E-state index contributed by atoms with van der Waals surface area (Å²) in [6.07, 6.45) is 3.51. The van der Waals surface area contributed by atoms with Crippen LogP contribution >= 0.6 is 11.6 Å². The second-order valence-corrected chi connectivity index (χ2v) is 9.77. The summed E-state index contributed by atoms with van der Waals surface area (Å²) in [6, 6.07) is 10.6. The van der Waals surface area contributed by atoms with E-state index >= 15 is 0 Å². The molecule has 0 spiro atoms. The number of hydrogen-bond donors (Lipinski definition) is 1. The maximum Gasteiger partial charge on any atom is 0.336 e. The minimum atomic E-state index is -0.838. The molecule has 1 N–H and O–H groups in total. The van der Waals surface area contributed by atoms with Crippen LogP contribution in [0, 0.1) is 5.92 Å². The van der Waals surface area contributed by atoms with E-state index in [4.69, 9.17) is 25.8 Å². The fourth-order valence-corrected chi connectivity index (χ4v) is 5.07. The number of methoxy groups -OCH3 is 2. The number of ether oxygens (including phenoxy) is 3. The van der Waals surface area contributed by atoms with E-state index in [9.17, 15) is 14.7 Å². The van der Waals surface area contributed by atoms with E-state index in [1.165, 1.54) is 14.2 Å². The van der Waals surface area contributed by atoms with E-state index in [1.807, 2.05) is 12.1 Å². The summed E-state index contributed by atoms with van der Waals surface area (Å²) < 4.78 is 16.0. The number of allylic oxidation sites excluding steroid dienone is 1. The second kappa shape index (κ2) is 14.1. The highest BCUT2D eigenvalue weighted by Gasteiger charge is 2.42. The Morgan fingerprint density at radius 1 is 1.10 bits per heavy atom. The number of phenolic OH excluding ortho intramolecular Hbond substituents is 1. The largest absolute Gasteiger partial charge is 0.504 e. The maximum absolute atomic E-state index is 13.4. The lowest BCUT2D eigenvalue weighted by molar-refractivity contribution is -0.144. The quantitative estimate of drug-likeness (QED) is 0.343. The molecule has 0 aliphatic carbocycles. The van der Waals surface area contributed by atoms with E-state index in [0.29, 0.717) is 39.9 Å². The number of phenols is 1. The normalized spacial score (nSPS) is 17.2. The third-order valence-electron chi connectivity index (χ3n) is 6.94. The third-order valence-corrected chi connectivity index (χ3v) is 7.18. The minimum Gasteiger partial charge on any atom is -0.504 e. The van der Waals surface area contributed by atoms with Gasteiger partial charge >= 0.3 is 11.9 Å². The van der Waals surface area contributed by atoms with Gasteiger partial charge in [-0.25, -0.2) is 4.79 Å². The van der Waals surface area contributed by atoms with E-state index < -0.39 is 23.8 Å². The number of carbonyl (C=O) groups is 2. The lowest BCUT2D eigenvalue weighted by Gasteiger charge is -2.31. The number of rotatable bonds is 11. The zero-order valence-electron chi connectivity index (χ0n) is 23.9. The van der Waals surface area contributed by atoms with Gasteiger partial charge in [-0.05, 0) is 68.4 Å². The van der Waals surface area contributed by atoms with Crippen molar-refractivity contribution in [1.29, 1.82) is 0 Å². The number of aliphatic imine (C=N–C) groups is 1. The Bertz CT molecular complexity index is 1330. The fourth-order valence-electron chi connectivity index (χ4n) is 4.87. The van der Waals surface area contributed by atoms with Crippen LogP contribution in [-0.2, 0) is 25.6 Å². The molecule has 0 aromatic heterocycles. The molecule has 0 amide bonds. The van der Waals surface area contributed by atoms with Crippen LogP contribution in [0.25, 0.3) is 6.08 Å². The molecule has 0 saturated heterocycles. The molecule has 8 nitrogen and oxygen atoms in total. The second-order valence-electron chi connectivity index (χ2n) is 9.33. The van der Waals surface area contributed by atoms with Crippen LogP contribution in [0.3, 0.4) is 0 Å². The van der Waals surface area contributed by atoms with Crippen LogP contribution in [0.5, 0.6) is 11.5 Å². The summed E-state index contributed by atoms with van der Waals surface area (Å²) in [7, 11) is 2.81. The lowest BCUT2D eigenvalue weighted by Crippen LogP contribution is -2.36. The summed E-state index contributed by atoms with van der Waals surface area (Å²) in [4.78, 5) is 33.2. The van der Waals surface area contributed by atoms with Crippen molar-refractivity contribution in [2.45, 2.75) is 40.2 Å². The third kappa shape index (κ3) is 6.92. The number of nitrogens with zero attached hydrogens (tertiary/aromatic N) is 2. The summed E-state index contributed by atoms with van der Waals surface area (Å²) in [6.45, 7) is 9.93. The predicted octanol–water partition coefficient (Wildman–Crippen LogP) is 5.77. The van der Waals surface area contributed by atoms with Crippen LogP contribution in [0.2, 0.25) is 5.02 Å². The van der Waals surface area contributed by atoms with Crippen molar-refractivity contribution in [2.75, 3.05) is 33.9 Å². The zero-order chi connectivity index (χ0) is 29.4. The molecule has 2 unspecified atom stereocenters. The van der Waals surface area contributed by atoms with Crippen molar-refractivity contribution in [3.8, 4) is 11.5 Å². The molecule has 2 aromatic carbocycles. The molecule has 0 saturated carbocycles. The van der Waals surface area contributed by atoms with Gasteiger partial charge in [-0.15, -0.1) is 0 Å². The maximum atomic E-state index is 13.4. The van der Waals surface area contributed by atoms with Gasteiger partial charge in [0, 0.05) is 28.8 Å². The molecule has 40 heavy (non-hydrogen) atoms. The molecule has 0 bridgehead atoms. The predicted molar refractivity (Wildman–Crippen MR) is 157 cm³/mol.